The van der Waals surface area contributed by atoms with Crippen molar-refractivity contribution in [3.63, 3.8) is 0 Å². The normalized spacial score (nSPS) is 13.0. The highest BCUT2D eigenvalue weighted by atomic mass is 35.5. The van der Waals surface area contributed by atoms with Crippen LogP contribution in [0.5, 0.6) is 0 Å². The number of carbonyl (C=O) groups is 2. The quantitative estimate of drug-likeness (QED) is 0.718. The lowest BCUT2D eigenvalue weighted by Gasteiger charge is -2.19. The largest absolute Gasteiger partial charge is 0.467 e. The van der Waals surface area contributed by atoms with Gasteiger partial charge in [0.2, 0.25) is 10.0 Å². The molecule has 0 aliphatic rings. The molecule has 140 valence electrons. The molecule has 0 aliphatic carbocycles. The van der Waals surface area contributed by atoms with E-state index < -0.39 is 27.9 Å². The Labute approximate surface area is 153 Å². The molecule has 0 aromatic heterocycles. The van der Waals surface area contributed by atoms with Crippen LogP contribution in [0.25, 0.3) is 0 Å². The van der Waals surface area contributed by atoms with Gasteiger partial charge < -0.3 is 10.1 Å². The Bertz CT molecular complexity index is 747. The van der Waals surface area contributed by atoms with Crippen LogP contribution in [-0.4, -0.2) is 51.8 Å². The molecule has 0 heterocycles. The Hall–Kier alpha value is -1.64. The van der Waals surface area contributed by atoms with Gasteiger partial charge in [-0.25, -0.2) is 17.5 Å². The first-order valence-corrected chi connectivity index (χ1v) is 9.43. The standard InChI is InChI=1S/C16H23ClN2O5S/c1-10(2)8-13(16(21)24-5)18-15(20)11-6-7-12(17)14(9-11)25(22,23)19(3)4/h6-7,9-10,13H,8H2,1-5H3,(H,18,20)/t13-/m0/s1. The van der Waals surface area contributed by atoms with Crippen LogP contribution in [0.3, 0.4) is 0 Å². The molecule has 0 saturated heterocycles. The number of rotatable bonds is 7. The molecule has 25 heavy (non-hydrogen) atoms. The zero-order chi connectivity index (χ0) is 19.4. The van der Waals surface area contributed by atoms with Crippen LogP contribution < -0.4 is 5.32 Å². The number of nitrogens with zero attached hydrogens (tertiary/aromatic N) is 1. The van der Waals surface area contributed by atoms with E-state index in [9.17, 15) is 18.0 Å². The Balaban J connectivity index is 3.16. The van der Waals surface area contributed by atoms with Crippen LogP contribution in [0, 0.1) is 5.92 Å². The minimum Gasteiger partial charge on any atom is -0.467 e. The third-order valence-electron chi connectivity index (χ3n) is 3.45. The lowest BCUT2D eigenvalue weighted by Crippen LogP contribution is -2.42. The van der Waals surface area contributed by atoms with E-state index in [0.29, 0.717) is 6.42 Å². The lowest BCUT2D eigenvalue weighted by atomic mass is 10.0. The number of amides is 1. The van der Waals surface area contributed by atoms with Crippen molar-refractivity contribution in [3.8, 4) is 0 Å². The third-order valence-corrected chi connectivity index (χ3v) is 5.75. The van der Waals surface area contributed by atoms with E-state index in [1.165, 1.54) is 39.4 Å². The molecule has 0 unspecified atom stereocenters. The Kier molecular flexibility index (Phi) is 7.40. The van der Waals surface area contributed by atoms with Gasteiger partial charge in [0.15, 0.2) is 0 Å². The predicted octanol–water partition coefficient (Wildman–Crippen LogP) is 1.91. The zero-order valence-corrected chi connectivity index (χ0v) is 16.4. The number of hydrogen-bond donors (Lipinski definition) is 1. The summed E-state index contributed by atoms with van der Waals surface area (Å²) < 4.78 is 30.3. The minimum absolute atomic E-state index is 0.0111. The minimum atomic E-state index is -3.80. The van der Waals surface area contributed by atoms with E-state index in [1.807, 2.05) is 13.8 Å². The Morgan fingerprint density at radius 3 is 2.36 bits per heavy atom. The molecular weight excluding hydrogens is 368 g/mol. The van der Waals surface area contributed by atoms with Gasteiger partial charge in [-0.2, -0.15) is 0 Å². The molecule has 1 amide bonds. The Morgan fingerprint density at radius 2 is 1.88 bits per heavy atom. The summed E-state index contributed by atoms with van der Waals surface area (Å²) in [5.74, 6) is -0.987. The van der Waals surface area contributed by atoms with Crippen LogP contribution in [-0.2, 0) is 19.6 Å². The number of carbonyl (C=O) groups excluding carboxylic acids is 2. The van der Waals surface area contributed by atoms with Crippen LogP contribution in [0.4, 0.5) is 0 Å². The van der Waals surface area contributed by atoms with E-state index in [4.69, 9.17) is 16.3 Å². The molecule has 9 heteroatoms. The van der Waals surface area contributed by atoms with Crippen molar-refractivity contribution in [2.45, 2.75) is 31.2 Å². The van der Waals surface area contributed by atoms with Crippen molar-refractivity contribution < 1.29 is 22.7 Å². The molecular formula is C16H23ClN2O5S. The molecule has 0 fully saturated rings. The summed E-state index contributed by atoms with van der Waals surface area (Å²) in [5.41, 5.74) is 0.0856. The second kappa shape index (κ2) is 8.64. The van der Waals surface area contributed by atoms with Crippen LogP contribution in [0.1, 0.15) is 30.6 Å². The molecule has 1 rings (SSSR count). The number of ether oxygens (including phenoxy) is 1. The maximum Gasteiger partial charge on any atom is 0.328 e. The molecule has 1 N–H and O–H groups in total. The summed E-state index contributed by atoms with van der Waals surface area (Å²) in [5, 5.41) is 2.59. The second-order valence-electron chi connectivity index (χ2n) is 6.11. The molecule has 1 aromatic carbocycles. The van der Waals surface area contributed by atoms with E-state index >= 15 is 0 Å². The van der Waals surface area contributed by atoms with E-state index in [-0.39, 0.29) is 21.4 Å². The Morgan fingerprint density at radius 1 is 1.28 bits per heavy atom. The van der Waals surface area contributed by atoms with Crippen molar-refractivity contribution in [2.24, 2.45) is 5.92 Å². The van der Waals surface area contributed by atoms with Crippen molar-refractivity contribution in [3.05, 3.63) is 28.8 Å². The van der Waals surface area contributed by atoms with Gasteiger partial charge in [0, 0.05) is 19.7 Å². The van der Waals surface area contributed by atoms with Crippen LogP contribution in [0.2, 0.25) is 5.02 Å². The summed E-state index contributed by atoms with van der Waals surface area (Å²) in [4.78, 5) is 24.1. The van der Waals surface area contributed by atoms with Gasteiger partial charge in [0.1, 0.15) is 10.9 Å². The van der Waals surface area contributed by atoms with Gasteiger partial charge in [-0.05, 0) is 30.5 Å². The van der Waals surface area contributed by atoms with Gasteiger partial charge in [0.05, 0.1) is 12.1 Å². The maximum absolute atomic E-state index is 12.4. The fraction of sp³-hybridized carbons (Fsp3) is 0.500. The number of sulfonamides is 1. The fourth-order valence-electron chi connectivity index (χ4n) is 2.11. The van der Waals surface area contributed by atoms with E-state index in [1.54, 1.807) is 0 Å². The average molecular weight is 391 g/mol. The van der Waals surface area contributed by atoms with Crippen molar-refractivity contribution in [1.82, 2.24) is 9.62 Å². The molecule has 0 saturated carbocycles. The van der Waals surface area contributed by atoms with Gasteiger partial charge >= 0.3 is 5.97 Å². The van der Waals surface area contributed by atoms with E-state index in [0.717, 1.165) is 4.31 Å². The lowest BCUT2D eigenvalue weighted by molar-refractivity contribution is -0.143. The van der Waals surface area contributed by atoms with Crippen molar-refractivity contribution >= 4 is 33.5 Å². The summed E-state index contributed by atoms with van der Waals surface area (Å²) in [6, 6.07) is 3.11. The van der Waals surface area contributed by atoms with Crippen molar-refractivity contribution in [1.29, 1.82) is 0 Å². The summed E-state index contributed by atoms with van der Waals surface area (Å²) in [6.45, 7) is 3.82. The number of hydrogen-bond acceptors (Lipinski definition) is 5. The van der Waals surface area contributed by atoms with Gasteiger partial charge in [-0.3, -0.25) is 4.79 Å². The molecule has 1 aromatic rings. The molecule has 0 radical (unpaired) electrons. The number of nitrogens with one attached hydrogen (secondary N) is 1. The summed E-state index contributed by atoms with van der Waals surface area (Å²) in [6.07, 6.45) is 0.398. The summed E-state index contributed by atoms with van der Waals surface area (Å²) >= 11 is 5.97. The van der Waals surface area contributed by atoms with Gasteiger partial charge in [-0.15, -0.1) is 0 Å². The highest BCUT2D eigenvalue weighted by Gasteiger charge is 2.26. The third kappa shape index (κ3) is 5.42. The second-order valence-corrected chi connectivity index (χ2v) is 8.64. The highest BCUT2D eigenvalue weighted by molar-refractivity contribution is 7.89. The molecule has 1 atom stereocenters. The van der Waals surface area contributed by atoms with Gasteiger partial charge in [-0.1, -0.05) is 25.4 Å². The zero-order valence-electron chi connectivity index (χ0n) is 14.9. The van der Waals surface area contributed by atoms with E-state index in [2.05, 4.69) is 5.32 Å². The monoisotopic (exact) mass is 390 g/mol. The van der Waals surface area contributed by atoms with Gasteiger partial charge in [0.25, 0.3) is 5.91 Å². The van der Waals surface area contributed by atoms with Crippen LogP contribution in [0.15, 0.2) is 23.1 Å². The molecule has 0 spiro atoms. The number of esters is 1. The molecule has 7 nitrogen and oxygen atoms in total. The fourth-order valence-corrected chi connectivity index (χ4v) is 3.50. The first kappa shape index (κ1) is 21.4. The molecule has 0 aliphatic heterocycles. The molecule has 0 bridgehead atoms. The van der Waals surface area contributed by atoms with Crippen molar-refractivity contribution in [2.75, 3.05) is 21.2 Å². The highest BCUT2D eigenvalue weighted by Crippen LogP contribution is 2.25. The first-order valence-electron chi connectivity index (χ1n) is 7.61. The first-order chi connectivity index (χ1) is 11.5. The number of benzene rings is 1. The average Bonchev–Trinajstić information content (AvgIpc) is 2.52. The summed E-state index contributed by atoms with van der Waals surface area (Å²) in [7, 11) is 0.178. The SMILES string of the molecule is COC(=O)[C@H](CC(C)C)NC(=O)c1ccc(Cl)c(S(=O)(=O)N(C)C)c1. The van der Waals surface area contributed by atoms with Crippen LogP contribution >= 0.6 is 11.6 Å². The smallest absolute Gasteiger partial charge is 0.328 e. The number of halogens is 1. The predicted molar refractivity (Wildman–Crippen MR) is 95.1 cm³/mol. The maximum atomic E-state index is 12.4. The number of methoxy groups -OCH3 is 1. The topological polar surface area (TPSA) is 92.8 Å².